The van der Waals surface area contributed by atoms with Crippen LogP contribution in [0, 0.1) is 5.92 Å². The first-order valence-electron chi connectivity index (χ1n) is 10.2. The van der Waals surface area contributed by atoms with E-state index in [-0.39, 0.29) is 23.3 Å². The summed E-state index contributed by atoms with van der Waals surface area (Å²) >= 11 is 0. The van der Waals surface area contributed by atoms with E-state index in [0.717, 1.165) is 22.0 Å². The molecule has 2 aromatic carbocycles. The number of H-pyrrole nitrogens is 1. The van der Waals surface area contributed by atoms with Crippen LogP contribution in [0.2, 0.25) is 0 Å². The van der Waals surface area contributed by atoms with E-state index in [0.29, 0.717) is 24.5 Å². The fourth-order valence-electron chi connectivity index (χ4n) is 4.30. The van der Waals surface area contributed by atoms with Crippen LogP contribution < -0.4 is 14.8 Å². The molecule has 7 nitrogen and oxygen atoms in total. The second kappa shape index (κ2) is 8.63. The van der Waals surface area contributed by atoms with Crippen LogP contribution in [0.5, 0.6) is 11.5 Å². The fraction of sp³-hybridized carbons (Fsp3) is 0.348. The summed E-state index contributed by atoms with van der Waals surface area (Å²) in [5, 5.41) is 4.04. The molecule has 0 aliphatic carbocycles. The molecule has 2 heterocycles. The number of hydrogen-bond donors (Lipinski definition) is 2. The van der Waals surface area contributed by atoms with Crippen molar-refractivity contribution in [3.63, 3.8) is 0 Å². The third kappa shape index (κ3) is 4.25. The van der Waals surface area contributed by atoms with Crippen LogP contribution >= 0.6 is 0 Å². The number of aromatic amines is 1. The van der Waals surface area contributed by atoms with Gasteiger partial charge in [0.1, 0.15) is 0 Å². The van der Waals surface area contributed by atoms with E-state index in [1.54, 1.807) is 14.2 Å². The van der Waals surface area contributed by atoms with Crippen LogP contribution in [-0.4, -0.2) is 51.6 Å². The van der Waals surface area contributed by atoms with E-state index in [2.05, 4.69) is 10.3 Å². The maximum atomic E-state index is 12.7. The van der Waals surface area contributed by atoms with Gasteiger partial charge in [-0.3, -0.25) is 4.79 Å². The van der Waals surface area contributed by atoms with Gasteiger partial charge in [0.2, 0.25) is 5.91 Å². The van der Waals surface area contributed by atoms with E-state index in [1.165, 1.54) is 0 Å². The Hall–Kier alpha value is -3.00. The molecule has 1 aromatic heterocycles. The summed E-state index contributed by atoms with van der Waals surface area (Å²) in [6, 6.07) is 13.7. The van der Waals surface area contributed by atoms with Crippen LogP contribution in [0.25, 0.3) is 10.9 Å². The lowest BCUT2D eigenvalue weighted by molar-refractivity contribution is -0.124. The van der Waals surface area contributed by atoms with Crippen molar-refractivity contribution < 1.29 is 22.7 Å². The highest BCUT2D eigenvalue weighted by molar-refractivity contribution is 7.91. The second-order valence-corrected chi connectivity index (χ2v) is 10.00. The highest BCUT2D eigenvalue weighted by Crippen LogP contribution is 2.40. The third-order valence-electron chi connectivity index (χ3n) is 5.89. The van der Waals surface area contributed by atoms with Crippen LogP contribution in [0.15, 0.2) is 48.7 Å². The highest BCUT2D eigenvalue weighted by atomic mass is 32.2. The first-order chi connectivity index (χ1) is 14.9. The van der Waals surface area contributed by atoms with Gasteiger partial charge in [-0.1, -0.05) is 30.3 Å². The minimum Gasteiger partial charge on any atom is -0.493 e. The molecule has 2 atom stereocenters. The molecular formula is C23H26N2O5S. The summed E-state index contributed by atoms with van der Waals surface area (Å²) in [6.45, 7) is 0.306. The molecule has 2 unspecified atom stereocenters. The SMILES string of the molecule is COc1cccc(C(CNC(=O)C2CCS(=O)(=O)C2)c2c[nH]c3ccccc23)c1OC. The van der Waals surface area contributed by atoms with E-state index in [9.17, 15) is 13.2 Å². The summed E-state index contributed by atoms with van der Waals surface area (Å²) in [4.78, 5) is 16.0. The molecule has 2 N–H and O–H groups in total. The van der Waals surface area contributed by atoms with Gasteiger partial charge in [0.05, 0.1) is 31.6 Å². The van der Waals surface area contributed by atoms with Gasteiger partial charge in [-0.25, -0.2) is 8.42 Å². The van der Waals surface area contributed by atoms with Crippen molar-refractivity contribution in [3.8, 4) is 11.5 Å². The molecule has 164 valence electrons. The quantitative estimate of drug-likeness (QED) is 0.586. The Morgan fingerprint density at radius 2 is 1.94 bits per heavy atom. The van der Waals surface area contributed by atoms with Crippen molar-refractivity contribution in [1.82, 2.24) is 10.3 Å². The molecular weight excluding hydrogens is 416 g/mol. The number of benzene rings is 2. The number of para-hydroxylation sites is 2. The van der Waals surface area contributed by atoms with Gasteiger partial charge in [-0.15, -0.1) is 0 Å². The van der Waals surface area contributed by atoms with Crippen molar-refractivity contribution >= 4 is 26.6 Å². The lowest BCUT2D eigenvalue weighted by Gasteiger charge is -2.22. The minimum absolute atomic E-state index is 0.0701. The molecule has 0 radical (unpaired) electrons. The Balaban J connectivity index is 1.70. The van der Waals surface area contributed by atoms with Crippen molar-refractivity contribution in [2.75, 3.05) is 32.3 Å². The summed E-state index contributed by atoms with van der Waals surface area (Å²) in [5.74, 6) is 0.257. The molecule has 0 bridgehead atoms. The largest absolute Gasteiger partial charge is 0.493 e. The summed E-state index contributed by atoms with van der Waals surface area (Å²) in [7, 11) is 0.0555. The molecule has 1 fully saturated rings. The van der Waals surface area contributed by atoms with E-state index >= 15 is 0 Å². The zero-order valence-electron chi connectivity index (χ0n) is 17.6. The van der Waals surface area contributed by atoms with E-state index < -0.39 is 15.8 Å². The first-order valence-corrected chi connectivity index (χ1v) is 12.0. The fourth-order valence-corrected chi connectivity index (χ4v) is 6.05. The Bertz CT molecular complexity index is 1200. The van der Waals surface area contributed by atoms with Gasteiger partial charge >= 0.3 is 0 Å². The molecule has 4 rings (SSSR count). The van der Waals surface area contributed by atoms with Gasteiger partial charge in [-0.2, -0.15) is 0 Å². The van der Waals surface area contributed by atoms with Crippen molar-refractivity contribution in [1.29, 1.82) is 0 Å². The molecule has 3 aromatic rings. The lowest BCUT2D eigenvalue weighted by atomic mass is 9.89. The summed E-state index contributed by atoms with van der Waals surface area (Å²) in [6.07, 6.45) is 2.31. The van der Waals surface area contributed by atoms with Crippen LogP contribution in [0.4, 0.5) is 0 Å². The maximum Gasteiger partial charge on any atom is 0.224 e. The average Bonchev–Trinajstić information content (AvgIpc) is 3.36. The molecule has 1 aliphatic heterocycles. The van der Waals surface area contributed by atoms with Gasteiger partial charge in [0, 0.05) is 35.1 Å². The number of hydrogen-bond acceptors (Lipinski definition) is 5. The Morgan fingerprint density at radius 3 is 2.65 bits per heavy atom. The molecule has 0 spiro atoms. The maximum absolute atomic E-state index is 12.7. The summed E-state index contributed by atoms with van der Waals surface area (Å²) < 4.78 is 34.7. The Morgan fingerprint density at radius 1 is 1.13 bits per heavy atom. The van der Waals surface area contributed by atoms with Crippen molar-refractivity contribution in [3.05, 3.63) is 59.8 Å². The van der Waals surface area contributed by atoms with E-state index in [4.69, 9.17) is 9.47 Å². The van der Waals surface area contributed by atoms with E-state index in [1.807, 2.05) is 48.7 Å². The predicted molar refractivity (Wildman–Crippen MR) is 119 cm³/mol. The standard InChI is InChI=1S/C23H26N2O5S/c1-29-21-9-5-7-17(22(21)30-2)19(18-12-24-20-8-4-3-6-16(18)20)13-25-23(26)15-10-11-31(27,28)14-15/h3-9,12,15,19,24H,10-11,13-14H2,1-2H3,(H,25,26). The normalized spacial score (nSPS) is 18.6. The number of rotatable bonds is 7. The van der Waals surface area contributed by atoms with Gasteiger partial charge in [-0.05, 0) is 24.1 Å². The van der Waals surface area contributed by atoms with Gasteiger partial charge in [0.15, 0.2) is 21.3 Å². The summed E-state index contributed by atoms with van der Waals surface area (Å²) in [5.41, 5.74) is 2.89. The Labute approximate surface area is 181 Å². The van der Waals surface area contributed by atoms with Crippen LogP contribution in [-0.2, 0) is 14.6 Å². The number of sulfone groups is 1. The zero-order chi connectivity index (χ0) is 22.0. The van der Waals surface area contributed by atoms with Gasteiger partial charge < -0.3 is 19.8 Å². The monoisotopic (exact) mass is 442 g/mol. The number of ether oxygens (including phenoxy) is 2. The first kappa shape index (κ1) is 21.2. The second-order valence-electron chi connectivity index (χ2n) is 7.77. The minimum atomic E-state index is -3.13. The number of methoxy groups -OCH3 is 2. The molecule has 0 saturated carbocycles. The number of carbonyl (C=O) groups is 1. The van der Waals surface area contributed by atoms with Crippen LogP contribution in [0.1, 0.15) is 23.5 Å². The van der Waals surface area contributed by atoms with Crippen molar-refractivity contribution in [2.45, 2.75) is 12.3 Å². The number of fused-ring (bicyclic) bond motifs is 1. The topological polar surface area (TPSA) is 97.5 Å². The van der Waals surface area contributed by atoms with Crippen molar-refractivity contribution in [2.24, 2.45) is 5.92 Å². The third-order valence-corrected chi connectivity index (χ3v) is 7.66. The number of nitrogens with one attached hydrogen (secondary N) is 2. The predicted octanol–water partition coefficient (Wildman–Crippen LogP) is 2.87. The number of carbonyl (C=O) groups excluding carboxylic acids is 1. The zero-order valence-corrected chi connectivity index (χ0v) is 18.4. The number of aromatic nitrogens is 1. The molecule has 1 amide bonds. The van der Waals surface area contributed by atoms with Gasteiger partial charge in [0.25, 0.3) is 0 Å². The van der Waals surface area contributed by atoms with Crippen LogP contribution in [0.3, 0.4) is 0 Å². The molecule has 1 saturated heterocycles. The Kier molecular flexibility index (Phi) is 5.91. The number of amides is 1. The molecule has 31 heavy (non-hydrogen) atoms. The highest BCUT2D eigenvalue weighted by Gasteiger charge is 2.33. The average molecular weight is 443 g/mol. The lowest BCUT2D eigenvalue weighted by Crippen LogP contribution is -2.34. The smallest absolute Gasteiger partial charge is 0.224 e. The molecule has 1 aliphatic rings. The molecule has 8 heteroatoms.